The van der Waals surface area contributed by atoms with E-state index in [1.54, 1.807) is 4.90 Å². The molecule has 2 fully saturated rings. The van der Waals surface area contributed by atoms with Crippen LogP contribution in [0.1, 0.15) is 29.9 Å². The van der Waals surface area contributed by atoms with E-state index in [1.807, 2.05) is 0 Å². The van der Waals surface area contributed by atoms with Gasteiger partial charge in [-0.2, -0.15) is 5.10 Å². The molecule has 7 heteroatoms. The van der Waals surface area contributed by atoms with Crippen LogP contribution in [0.2, 0.25) is 0 Å². The van der Waals surface area contributed by atoms with Gasteiger partial charge in [-0.3, -0.25) is 14.7 Å². The highest BCUT2D eigenvalue weighted by molar-refractivity contribution is 5.90. The molecule has 7 nitrogen and oxygen atoms in total. The Kier molecular flexibility index (Phi) is 2.73. The van der Waals surface area contributed by atoms with E-state index in [9.17, 15) is 9.59 Å². The molecule has 2 aliphatic rings. The third-order valence-electron chi connectivity index (χ3n) is 3.73. The van der Waals surface area contributed by atoms with E-state index >= 15 is 0 Å². The monoisotopic (exact) mass is 249 g/mol. The van der Waals surface area contributed by atoms with Gasteiger partial charge in [0, 0.05) is 25.6 Å². The number of nitrogens with zero attached hydrogens (tertiary/aromatic N) is 3. The van der Waals surface area contributed by atoms with Crippen LogP contribution in [-0.2, 0) is 4.79 Å². The maximum absolute atomic E-state index is 12.1. The third kappa shape index (κ3) is 1.96. The van der Waals surface area contributed by atoms with Crippen molar-refractivity contribution in [2.75, 3.05) is 13.1 Å². The van der Waals surface area contributed by atoms with Gasteiger partial charge in [0.2, 0.25) is 11.7 Å². The molecule has 0 saturated carbocycles. The van der Waals surface area contributed by atoms with Gasteiger partial charge in [-0.1, -0.05) is 0 Å². The normalized spacial score (nSPS) is 27.6. The standard InChI is InChI=1S/C11H15N5O2/c17-9-2-1-7-5-16(4-3-8(7)14-9)11(18)10-12-6-13-15-10/h6-8H,1-5H2,(H,14,17)(H,12,13,15). The minimum atomic E-state index is -0.108. The van der Waals surface area contributed by atoms with Crippen LogP contribution in [0.25, 0.3) is 0 Å². The molecular weight excluding hydrogens is 234 g/mol. The molecule has 2 atom stereocenters. The van der Waals surface area contributed by atoms with Gasteiger partial charge in [-0.15, -0.1) is 0 Å². The molecule has 0 bridgehead atoms. The Morgan fingerprint density at radius 1 is 1.44 bits per heavy atom. The second-order valence-corrected chi connectivity index (χ2v) is 4.85. The summed E-state index contributed by atoms with van der Waals surface area (Å²) in [5.41, 5.74) is 0. The highest BCUT2D eigenvalue weighted by Crippen LogP contribution is 2.25. The number of aromatic nitrogens is 3. The molecule has 0 aromatic carbocycles. The van der Waals surface area contributed by atoms with Crippen LogP contribution in [-0.4, -0.2) is 51.0 Å². The third-order valence-corrected chi connectivity index (χ3v) is 3.73. The van der Waals surface area contributed by atoms with Crippen LogP contribution in [0, 0.1) is 5.92 Å². The summed E-state index contributed by atoms with van der Waals surface area (Å²) < 4.78 is 0. The number of carbonyl (C=O) groups is 2. The fraction of sp³-hybridized carbons (Fsp3) is 0.636. The van der Waals surface area contributed by atoms with Gasteiger partial charge in [0.1, 0.15) is 6.33 Å². The maximum Gasteiger partial charge on any atom is 0.291 e. The molecule has 2 unspecified atom stereocenters. The van der Waals surface area contributed by atoms with Gasteiger partial charge in [-0.05, 0) is 18.8 Å². The lowest BCUT2D eigenvalue weighted by atomic mass is 9.85. The number of carbonyl (C=O) groups excluding carboxylic acids is 2. The molecule has 96 valence electrons. The van der Waals surface area contributed by atoms with E-state index in [-0.39, 0.29) is 23.7 Å². The molecule has 0 spiro atoms. The van der Waals surface area contributed by atoms with E-state index in [2.05, 4.69) is 20.5 Å². The Labute approximate surface area is 104 Å². The SMILES string of the molecule is O=C1CCC2CN(C(=O)c3ncn[nH]3)CCC2N1. The average molecular weight is 249 g/mol. The highest BCUT2D eigenvalue weighted by atomic mass is 16.2. The van der Waals surface area contributed by atoms with E-state index in [0.717, 1.165) is 12.8 Å². The number of amides is 2. The van der Waals surface area contributed by atoms with Crippen molar-refractivity contribution in [3.8, 4) is 0 Å². The van der Waals surface area contributed by atoms with E-state index in [1.165, 1.54) is 6.33 Å². The van der Waals surface area contributed by atoms with E-state index in [4.69, 9.17) is 0 Å². The molecule has 1 aromatic rings. The first kappa shape index (κ1) is 11.2. The number of hydrogen-bond donors (Lipinski definition) is 2. The average Bonchev–Trinajstić information content (AvgIpc) is 2.91. The molecule has 1 aromatic heterocycles. The van der Waals surface area contributed by atoms with Crippen LogP contribution in [0.3, 0.4) is 0 Å². The molecule has 0 radical (unpaired) electrons. The van der Waals surface area contributed by atoms with Gasteiger partial charge in [0.05, 0.1) is 0 Å². The molecule has 2 aliphatic heterocycles. The Bertz CT molecular complexity index is 458. The number of nitrogens with one attached hydrogen (secondary N) is 2. The van der Waals surface area contributed by atoms with Crippen LogP contribution < -0.4 is 5.32 Å². The predicted octanol–water partition coefficient (Wildman–Crippen LogP) is -0.455. The van der Waals surface area contributed by atoms with Crippen molar-refractivity contribution in [3.05, 3.63) is 12.2 Å². The number of H-pyrrole nitrogens is 1. The smallest absolute Gasteiger partial charge is 0.291 e. The van der Waals surface area contributed by atoms with Crippen molar-refractivity contribution < 1.29 is 9.59 Å². The number of fused-ring (bicyclic) bond motifs is 1. The van der Waals surface area contributed by atoms with Gasteiger partial charge in [0.25, 0.3) is 5.91 Å². The maximum atomic E-state index is 12.1. The number of aromatic amines is 1. The van der Waals surface area contributed by atoms with Crippen LogP contribution in [0.15, 0.2) is 6.33 Å². The second-order valence-electron chi connectivity index (χ2n) is 4.85. The van der Waals surface area contributed by atoms with E-state index in [0.29, 0.717) is 25.4 Å². The van der Waals surface area contributed by atoms with Gasteiger partial charge in [-0.25, -0.2) is 4.98 Å². The largest absolute Gasteiger partial charge is 0.353 e. The summed E-state index contributed by atoms with van der Waals surface area (Å²) in [6.07, 6.45) is 3.57. The zero-order valence-electron chi connectivity index (χ0n) is 9.93. The second kappa shape index (κ2) is 4.40. The van der Waals surface area contributed by atoms with Gasteiger partial charge < -0.3 is 10.2 Å². The number of piperidine rings is 2. The molecule has 3 heterocycles. The first-order chi connectivity index (χ1) is 8.74. The minimum absolute atomic E-state index is 0.108. The van der Waals surface area contributed by atoms with E-state index < -0.39 is 0 Å². The Balaban J connectivity index is 1.67. The summed E-state index contributed by atoms with van der Waals surface area (Å²) in [7, 11) is 0. The fourth-order valence-corrected chi connectivity index (χ4v) is 2.75. The van der Waals surface area contributed by atoms with Crippen molar-refractivity contribution in [1.82, 2.24) is 25.4 Å². The van der Waals surface area contributed by atoms with Crippen LogP contribution in [0.5, 0.6) is 0 Å². The first-order valence-corrected chi connectivity index (χ1v) is 6.18. The quantitative estimate of drug-likeness (QED) is 0.705. The van der Waals surface area contributed by atoms with Gasteiger partial charge in [0.15, 0.2) is 0 Å². The summed E-state index contributed by atoms with van der Waals surface area (Å²) in [4.78, 5) is 29.1. The lowest BCUT2D eigenvalue weighted by Gasteiger charge is -2.41. The fourth-order valence-electron chi connectivity index (χ4n) is 2.75. The first-order valence-electron chi connectivity index (χ1n) is 6.18. The summed E-state index contributed by atoms with van der Waals surface area (Å²) >= 11 is 0. The van der Waals surface area contributed by atoms with Crippen LogP contribution >= 0.6 is 0 Å². The minimum Gasteiger partial charge on any atom is -0.353 e. The lowest BCUT2D eigenvalue weighted by molar-refractivity contribution is -0.125. The zero-order chi connectivity index (χ0) is 12.5. The Morgan fingerprint density at radius 2 is 2.33 bits per heavy atom. The zero-order valence-corrected chi connectivity index (χ0v) is 9.93. The van der Waals surface area contributed by atoms with Crippen molar-refractivity contribution in [2.45, 2.75) is 25.3 Å². The lowest BCUT2D eigenvalue weighted by Crippen LogP contribution is -2.55. The van der Waals surface area contributed by atoms with Gasteiger partial charge >= 0.3 is 0 Å². The van der Waals surface area contributed by atoms with Crippen LogP contribution in [0.4, 0.5) is 0 Å². The molecule has 3 rings (SSSR count). The van der Waals surface area contributed by atoms with Crippen molar-refractivity contribution in [3.63, 3.8) is 0 Å². The van der Waals surface area contributed by atoms with Crippen molar-refractivity contribution >= 4 is 11.8 Å². The summed E-state index contributed by atoms with van der Waals surface area (Å²) in [5.74, 6) is 0.672. The summed E-state index contributed by atoms with van der Waals surface area (Å²) in [6, 6.07) is 0.227. The highest BCUT2D eigenvalue weighted by Gasteiger charge is 2.35. The molecule has 2 amide bonds. The molecular formula is C11H15N5O2. The summed E-state index contributed by atoms with van der Waals surface area (Å²) in [5, 5.41) is 9.28. The number of hydrogen-bond acceptors (Lipinski definition) is 4. The van der Waals surface area contributed by atoms with Crippen molar-refractivity contribution in [1.29, 1.82) is 0 Å². The predicted molar refractivity (Wildman–Crippen MR) is 61.6 cm³/mol. The number of rotatable bonds is 1. The Morgan fingerprint density at radius 3 is 3.11 bits per heavy atom. The molecule has 0 aliphatic carbocycles. The molecule has 2 saturated heterocycles. The number of likely N-dealkylation sites (tertiary alicyclic amines) is 1. The molecule has 2 N–H and O–H groups in total. The topological polar surface area (TPSA) is 91.0 Å². The molecule has 18 heavy (non-hydrogen) atoms. The Hall–Kier alpha value is -1.92. The van der Waals surface area contributed by atoms with Crippen molar-refractivity contribution in [2.24, 2.45) is 5.92 Å². The summed E-state index contributed by atoms with van der Waals surface area (Å²) in [6.45, 7) is 1.34.